The van der Waals surface area contributed by atoms with Crippen LogP contribution >= 0.6 is 22.9 Å². The Balaban J connectivity index is 1.41. The van der Waals surface area contributed by atoms with Crippen molar-refractivity contribution in [2.24, 2.45) is 5.92 Å². The Labute approximate surface area is 205 Å². The lowest BCUT2D eigenvalue weighted by atomic mass is 9.81. The summed E-state index contributed by atoms with van der Waals surface area (Å²) >= 11 is 7.82. The number of fused-ring (bicyclic) bond motifs is 1. The number of allylic oxidation sites excluding steroid dienone is 1. The molecule has 1 fully saturated rings. The number of aliphatic hydroxyl groups is 1. The van der Waals surface area contributed by atoms with Gasteiger partial charge < -0.3 is 19.0 Å². The summed E-state index contributed by atoms with van der Waals surface area (Å²) in [7, 11) is 0. The number of hydrogen-bond donors (Lipinski definition) is 1. The zero-order valence-corrected chi connectivity index (χ0v) is 19.8. The van der Waals surface area contributed by atoms with Crippen molar-refractivity contribution < 1.29 is 19.0 Å². The topological polar surface area (TPSA) is 81.8 Å². The monoisotopic (exact) mass is 495 g/mol. The number of halogens is 1. The molecule has 0 radical (unpaired) electrons. The number of thiazole rings is 1. The van der Waals surface area contributed by atoms with E-state index < -0.39 is 0 Å². The van der Waals surface area contributed by atoms with E-state index in [1.807, 2.05) is 23.6 Å². The third-order valence-electron chi connectivity index (χ3n) is 5.89. The second-order valence-electron chi connectivity index (χ2n) is 8.14. The Morgan fingerprint density at radius 3 is 2.85 bits per heavy atom. The van der Waals surface area contributed by atoms with Crippen molar-refractivity contribution in [1.29, 1.82) is 0 Å². The summed E-state index contributed by atoms with van der Waals surface area (Å²) in [6, 6.07) is 12.2. The van der Waals surface area contributed by atoms with Crippen LogP contribution in [-0.2, 0) is 4.74 Å². The summed E-state index contributed by atoms with van der Waals surface area (Å²) in [5.74, 6) is 1.27. The fourth-order valence-corrected chi connectivity index (χ4v) is 4.81. The van der Waals surface area contributed by atoms with Crippen molar-refractivity contribution >= 4 is 33.9 Å². The van der Waals surface area contributed by atoms with Crippen LogP contribution in [0, 0.1) is 5.92 Å². The molecule has 0 aliphatic heterocycles. The van der Waals surface area contributed by atoms with Gasteiger partial charge in [-0.15, -0.1) is 11.3 Å². The summed E-state index contributed by atoms with van der Waals surface area (Å²) in [6.45, 7) is 4.28. The first-order chi connectivity index (χ1) is 16.5. The number of aromatic nitrogens is 1. The third-order valence-corrected chi connectivity index (χ3v) is 7.01. The average molecular weight is 496 g/mol. The van der Waals surface area contributed by atoms with E-state index in [2.05, 4.69) is 11.6 Å². The molecule has 0 saturated heterocycles. The summed E-state index contributed by atoms with van der Waals surface area (Å²) in [4.78, 5) is 17.1. The zero-order valence-electron chi connectivity index (χ0n) is 18.2. The minimum Gasteiger partial charge on any atom is -0.513 e. The fourth-order valence-electron chi connectivity index (χ4n) is 3.96. The molecule has 1 aliphatic rings. The second-order valence-corrected chi connectivity index (χ2v) is 9.44. The van der Waals surface area contributed by atoms with E-state index in [0.29, 0.717) is 46.3 Å². The van der Waals surface area contributed by atoms with E-state index in [-0.39, 0.29) is 23.2 Å². The Morgan fingerprint density at radius 2 is 2.09 bits per heavy atom. The molecule has 0 unspecified atom stereocenters. The van der Waals surface area contributed by atoms with Crippen LogP contribution < -0.4 is 10.2 Å². The number of aliphatic hydroxyl groups excluding tert-OH is 1. The van der Waals surface area contributed by atoms with E-state index in [4.69, 9.17) is 25.5 Å². The second kappa shape index (κ2) is 9.62. The highest BCUT2D eigenvalue weighted by Gasteiger charge is 2.31. The standard InChI is InChI=1S/C26H22ClNO5S/c1-15(29)17-11-18(12-17)31-8-9-32-23-13-16(26-28-7-10-34-26)5-6-20(23)24-14-22(30)19-3-2-4-21(27)25(19)33-24/h2-7,10,13-14,17-18,29H,1,8-9,11-12H2. The molecule has 0 spiro atoms. The smallest absolute Gasteiger partial charge is 0.193 e. The molecule has 34 heavy (non-hydrogen) atoms. The number of rotatable bonds is 8. The molecule has 8 heteroatoms. The molecule has 0 bridgehead atoms. The first-order valence-electron chi connectivity index (χ1n) is 10.9. The summed E-state index contributed by atoms with van der Waals surface area (Å²) in [5.41, 5.74) is 1.70. The number of nitrogens with zero attached hydrogens (tertiary/aromatic N) is 1. The van der Waals surface area contributed by atoms with Gasteiger partial charge in [0.2, 0.25) is 0 Å². The number of benzene rings is 2. The van der Waals surface area contributed by atoms with E-state index in [9.17, 15) is 9.90 Å². The molecule has 6 nitrogen and oxygen atoms in total. The maximum Gasteiger partial charge on any atom is 0.193 e. The molecule has 2 aromatic heterocycles. The van der Waals surface area contributed by atoms with Crippen LogP contribution in [0.2, 0.25) is 5.02 Å². The Morgan fingerprint density at radius 1 is 1.24 bits per heavy atom. The molecular weight excluding hydrogens is 474 g/mol. The van der Waals surface area contributed by atoms with E-state index in [1.165, 1.54) is 17.4 Å². The molecule has 5 rings (SSSR count). The van der Waals surface area contributed by atoms with Gasteiger partial charge in [0.05, 0.1) is 34.4 Å². The Hall–Kier alpha value is -3.13. The van der Waals surface area contributed by atoms with Crippen molar-refractivity contribution in [3.8, 4) is 27.6 Å². The van der Waals surface area contributed by atoms with Crippen LogP contribution in [0.15, 0.2) is 75.6 Å². The summed E-state index contributed by atoms with van der Waals surface area (Å²) < 4.78 is 18.0. The molecule has 174 valence electrons. The highest BCUT2D eigenvalue weighted by Crippen LogP contribution is 2.37. The summed E-state index contributed by atoms with van der Waals surface area (Å²) in [5, 5.41) is 13.0. The van der Waals surface area contributed by atoms with Crippen molar-refractivity contribution in [2.45, 2.75) is 18.9 Å². The van der Waals surface area contributed by atoms with Gasteiger partial charge in [0.25, 0.3) is 0 Å². The minimum absolute atomic E-state index is 0.0966. The highest BCUT2D eigenvalue weighted by atomic mass is 35.5. The molecule has 2 aromatic carbocycles. The normalized spacial score (nSPS) is 17.4. The minimum atomic E-state index is -0.179. The van der Waals surface area contributed by atoms with Crippen LogP contribution in [0.4, 0.5) is 0 Å². The van der Waals surface area contributed by atoms with Gasteiger partial charge in [-0.25, -0.2) is 4.98 Å². The van der Waals surface area contributed by atoms with Gasteiger partial charge in [-0.2, -0.15) is 0 Å². The first kappa shape index (κ1) is 22.7. The SMILES string of the molecule is C=C(O)C1CC(OCCOc2cc(-c3nccs3)ccc2-c2cc(=O)c3cccc(Cl)c3o2)C1. The maximum absolute atomic E-state index is 12.7. The van der Waals surface area contributed by atoms with Crippen molar-refractivity contribution in [1.82, 2.24) is 4.98 Å². The van der Waals surface area contributed by atoms with Crippen molar-refractivity contribution in [3.05, 3.63) is 81.6 Å². The predicted molar refractivity (Wildman–Crippen MR) is 134 cm³/mol. The van der Waals surface area contributed by atoms with Gasteiger partial charge in [0.1, 0.15) is 23.1 Å². The first-order valence-corrected chi connectivity index (χ1v) is 12.1. The quantitative estimate of drug-likeness (QED) is 0.222. The number of hydrogen-bond acceptors (Lipinski definition) is 7. The highest BCUT2D eigenvalue weighted by molar-refractivity contribution is 7.13. The zero-order chi connectivity index (χ0) is 23.7. The molecule has 1 saturated carbocycles. The van der Waals surface area contributed by atoms with Crippen LogP contribution in [0.1, 0.15) is 12.8 Å². The molecule has 1 N–H and O–H groups in total. The van der Waals surface area contributed by atoms with Crippen LogP contribution in [-0.4, -0.2) is 29.4 Å². The van der Waals surface area contributed by atoms with Gasteiger partial charge in [-0.05, 0) is 37.1 Å². The van der Waals surface area contributed by atoms with Gasteiger partial charge in [-0.1, -0.05) is 30.3 Å². The van der Waals surface area contributed by atoms with Crippen molar-refractivity contribution in [3.63, 3.8) is 0 Å². The lowest BCUT2D eigenvalue weighted by molar-refractivity contribution is -0.0388. The van der Waals surface area contributed by atoms with Crippen LogP contribution in [0.25, 0.3) is 32.9 Å². The van der Waals surface area contributed by atoms with Gasteiger partial charge in [0, 0.05) is 29.1 Å². The number of para-hydroxylation sites is 1. The molecule has 0 amide bonds. The van der Waals surface area contributed by atoms with Gasteiger partial charge in [-0.3, -0.25) is 4.79 Å². The Kier molecular flexibility index (Phi) is 6.41. The third kappa shape index (κ3) is 4.59. The van der Waals surface area contributed by atoms with Crippen LogP contribution in [0.3, 0.4) is 0 Å². The molecule has 2 heterocycles. The average Bonchev–Trinajstić information content (AvgIpc) is 3.33. The lowest BCUT2D eigenvalue weighted by Gasteiger charge is -2.34. The molecule has 4 aromatic rings. The number of ether oxygens (including phenoxy) is 2. The van der Waals surface area contributed by atoms with E-state index >= 15 is 0 Å². The van der Waals surface area contributed by atoms with E-state index in [1.54, 1.807) is 24.4 Å². The molecule has 1 aliphatic carbocycles. The fraction of sp³-hybridized carbons (Fsp3) is 0.231. The summed E-state index contributed by atoms with van der Waals surface area (Å²) in [6.07, 6.45) is 3.38. The van der Waals surface area contributed by atoms with Crippen molar-refractivity contribution in [2.75, 3.05) is 13.2 Å². The predicted octanol–water partition coefficient (Wildman–Crippen LogP) is 6.48. The van der Waals surface area contributed by atoms with Crippen LogP contribution in [0.5, 0.6) is 5.75 Å². The van der Waals surface area contributed by atoms with Gasteiger partial charge >= 0.3 is 0 Å². The Bertz CT molecular complexity index is 1390. The molecular formula is C26H22ClNO5S. The molecule has 0 atom stereocenters. The lowest BCUT2D eigenvalue weighted by Crippen LogP contribution is -2.33. The largest absolute Gasteiger partial charge is 0.513 e. The van der Waals surface area contributed by atoms with Gasteiger partial charge in [0.15, 0.2) is 11.0 Å². The van der Waals surface area contributed by atoms with E-state index in [0.717, 1.165) is 23.4 Å². The maximum atomic E-state index is 12.7.